The standard InChI is InChI=1S/C9H9ClN2O3S/c1-6-11-9(16(10,13)14)7-4-3-5-8(15-2)12(6)7/h3-5H,1-2H3. The fourth-order valence-electron chi connectivity index (χ4n) is 1.58. The molecule has 0 aliphatic rings. The second kappa shape index (κ2) is 3.64. The molecule has 0 aliphatic carbocycles. The van der Waals surface area contributed by atoms with Crippen LogP contribution < -0.4 is 4.74 Å². The lowest BCUT2D eigenvalue weighted by atomic mass is 10.4. The lowest BCUT2D eigenvalue weighted by Gasteiger charge is -2.04. The molecule has 0 saturated heterocycles. The maximum atomic E-state index is 11.3. The predicted octanol–water partition coefficient (Wildman–Crippen LogP) is 1.58. The Hall–Kier alpha value is -1.27. The van der Waals surface area contributed by atoms with Crippen molar-refractivity contribution in [1.82, 2.24) is 9.38 Å². The molecule has 86 valence electrons. The van der Waals surface area contributed by atoms with E-state index >= 15 is 0 Å². The van der Waals surface area contributed by atoms with E-state index in [4.69, 9.17) is 15.4 Å². The van der Waals surface area contributed by atoms with Crippen LogP contribution in [0.4, 0.5) is 0 Å². The number of fused-ring (bicyclic) bond motifs is 1. The summed E-state index contributed by atoms with van der Waals surface area (Å²) in [6.07, 6.45) is 0. The minimum atomic E-state index is -3.85. The van der Waals surface area contributed by atoms with Crippen molar-refractivity contribution in [3.05, 3.63) is 24.0 Å². The van der Waals surface area contributed by atoms with Gasteiger partial charge in [0.25, 0.3) is 9.05 Å². The molecule has 2 rings (SSSR count). The van der Waals surface area contributed by atoms with Gasteiger partial charge in [0.05, 0.1) is 12.6 Å². The largest absolute Gasteiger partial charge is 0.482 e. The van der Waals surface area contributed by atoms with Gasteiger partial charge in [-0.05, 0) is 19.1 Å². The Balaban J connectivity index is 2.93. The third kappa shape index (κ3) is 1.64. The Kier molecular flexibility index (Phi) is 2.55. The Morgan fingerprint density at radius 1 is 1.44 bits per heavy atom. The number of nitrogens with zero attached hydrogens (tertiary/aromatic N) is 2. The van der Waals surface area contributed by atoms with Gasteiger partial charge < -0.3 is 4.74 Å². The van der Waals surface area contributed by atoms with Crippen molar-refractivity contribution in [2.24, 2.45) is 0 Å². The molecule has 0 spiro atoms. The van der Waals surface area contributed by atoms with Gasteiger partial charge >= 0.3 is 0 Å². The molecule has 0 aliphatic heterocycles. The lowest BCUT2D eigenvalue weighted by molar-refractivity contribution is 0.391. The third-order valence-electron chi connectivity index (χ3n) is 2.20. The smallest absolute Gasteiger partial charge is 0.280 e. The van der Waals surface area contributed by atoms with Crippen LogP contribution in [0.15, 0.2) is 23.2 Å². The first-order valence-corrected chi connectivity index (χ1v) is 6.73. The quantitative estimate of drug-likeness (QED) is 0.769. The number of aromatic nitrogens is 2. The average molecular weight is 261 g/mol. The zero-order valence-electron chi connectivity index (χ0n) is 8.64. The van der Waals surface area contributed by atoms with E-state index in [1.54, 1.807) is 29.5 Å². The van der Waals surface area contributed by atoms with E-state index in [2.05, 4.69) is 4.98 Å². The molecule has 0 saturated carbocycles. The molecule has 2 aromatic rings. The summed E-state index contributed by atoms with van der Waals surface area (Å²) >= 11 is 0. The van der Waals surface area contributed by atoms with Gasteiger partial charge in [0, 0.05) is 10.7 Å². The number of halogens is 1. The van der Waals surface area contributed by atoms with E-state index in [-0.39, 0.29) is 5.03 Å². The van der Waals surface area contributed by atoms with E-state index in [0.717, 1.165) is 0 Å². The maximum Gasteiger partial charge on any atom is 0.280 e. The van der Waals surface area contributed by atoms with Gasteiger partial charge in [0.15, 0.2) is 10.9 Å². The fourth-order valence-corrected chi connectivity index (χ4v) is 2.57. The van der Waals surface area contributed by atoms with Crippen molar-refractivity contribution in [2.75, 3.05) is 7.11 Å². The molecule has 5 nitrogen and oxygen atoms in total. The minimum absolute atomic E-state index is 0.148. The molecular weight excluding hydrogens is 252 g/mol. The molecule has 0 bridgehead atoms. The van der Waals surface area contributed by atoms with Crippen LogP contribution in [0.25, 0.3) is 5.52 Å². The van der Waals surface area contributed by atoms with Crippen LogP contribution in [0.1, 0.15) is 5.82 Å². The summed E-state index contributed by atoms with van der Waals surface area (Å²) in [6, 6.07) is 5.02. The number of imidazole rings is 1. The van der Waals surface area contributed by atoms with E-state index in [9.17, 15) is 8.42 Å². The molecule has 0 radical (unpaired) electrons. The second-order valence-electron chi connectivity index (χ2n) is 3.19. The van der Waals surface area contributed by atoms with Crippen LogP contribution in [-0.4, -0.2) is 24.9 Å². The van der Waals surface area contributed by atoms with Gasteiger partial charge in [-0.25, -0.2) is 13.4 Å². The zero-order valence-corrected chi connectivity index (χ0v) is 10.2. The molecule has 0 unspecified atom stereocenters. The van der Waals surface area contributed by atoms with Crippen LogP contribution in [0, 0.1) is 6.92 Å². The second-order valence-corrected chi connectivity index (χ2v) is 5.67. The molecule has 7 heteroatoms. The minimum Gasteiger partial charge on any atom is -0.482 e. The molecule has 16 heavy (non-hydrogen) atoms. The topological polar surface area (TPSA) is 60.7 Å². The molecular formula is C9H9ClN2O3S. The molecule has 0 amide bonds. The van der Waals surface area contributed by atoms with Gasteiger partial charge in [-0.1, -0.05) is 6.07 Å². The molecule has 0 N–H and O–H groups in total. The first kappa shape index (κ1) is 11.2. The summed E-state index contributed by atoms with van der Waals surface area (Å²) in [4.78, 5) is 3.93. The fraction of sp³-hybridized carbons (Fsp3) is 0.222. The average Bonchev–Trinajstić information content (AvgIpc) is 2.56. The van der Waals surface area contributed by atoms with Crippen molar-refractivity contribution < 1.29 is 13.2 Å². The summed E-state index contributed by atoms with van der Waals surface area (Å²) in [6.45, 7) is 1.68. The van der Waals surface area contributed by atoms with Crippen LogP contribution >= 0.6 is 10.7 Å². The van der Waals surface area contributed by atoms with Gasteiger partial charge in [-0.2, -0.15) is 0 Å². The van der Waals surface area contributed by atoms with Crippen LogP contribution in [-0.2, 0) is 9.05 Å². The Morgan fingerprint density at radius 2 is 2.12 bits per heavy atom. The highest BCUT2D eigenvalue weighted by Gasteiger charge is 2.20. The first-order valence-electron chi connectivity index (χ1n) is 4.42. The maximum absolute atomic E-state index is 11.3. The van der Waals surface area contributed by atoms with Gasteiger partial charge in [0.1, 0.15) is 5.82 Å². The van der Waals surface area contributed by atoms with Crippen molar-refractivity contribution >= 4 is 25.2 Å². The predicted molar refractivity (Wildman–Crippen MR) is 59.5 cm³/mol. The summed E-state index contributed by atoms with van der Waals surface area (Å²) in [5.41, 5.74) is 0.409. The highest BCUT2D eigenvalue weighted by atomic mass is 35.7. The highest BCUT2D eigenvalue weighted by molar-refractivity contribution is 8.13. The monoisotopic (exact) mass is 260 g/mol. The van der Waals surface area contributed by atoms with Crippen molar-refractivity contribution in [3.8, 4) is 5.88 Å². The number of methoxy groups -OCH3 is 1. The highest BCUT2D eigenvalue weighted by Crippen LogP contribution is 2.25. The summed E-state index contributed by atoms with van der Waals surface area (Å²) in [5, 5.41) is -0.148. The zero-order chi connectivity index (χ0) is 11.9. The van der Waals surface area contributed by atoms with Gasteiger partial charge in [0.2, 0.25) is 0 Å². The number of hydrogen-bond donors (Lipinski definition) is 0. The van der Waals surface area contributed by atoms with Crippen molar-refractivity contribution in [2.45, 2.75) is 11.9 Å². The van der Waals surface area contributed by atoms with E-state index in [1.807, 2.05) is 0 Å². The summed E-state index contributed by atoms with van der Waals surface area (Å²) < 4.78 is 29.3. The van der Waals surface area contributed by atoms with E-state index < -0.39 is 9.05 Å². The van der Waals surface area contributed by atoms with Crippen LogP contribution in [0.3, 0.4) is 0 Å². The van der Waals surface area contributed by atoms with E-state index in [1.165, 1.54) is 7.11 Å². The number of pyridine rings is 1. The van der Waals surface area contributed by atoms with Crippen LogP contribution in [0.2, 0.25) is 0 Å². The lowest BCUT2D eigenvalue weighted by Crippen LogP contribution is -1.95. The van der Waals surface area contributed by atoms with Crippen molar-refractivity contribution in [1.29, 1.82) is 0 Å². The summed E-state index contributed by atoms with van der Waals surface area (Å²) in [5.74, 6) is 1.01. The van der Waals surface area contributed by atoms with Crippen LogP contribution in [0.5, 0.6) is 5.88 Å². The van der Waals surface area contributed by atoms with E-state index in [0.29, 0.717) is 17.2 Å². The number of ether oxygens (including phenoxy) is 1. The van der Waals surface area contributed by atoms with Gasteiger partial charge in [-0.15, -0.1) is 0 Å². The molecule has 0 fully saturated rings. The molecule has 2 heterocycles. The third-order valence-corrected chi connectivity index (χ3v) is 3.40. The Morgan fingerprint density at radius 3 is 2.69 bits per heavy atom. The number of hydrogen-bond acceptors (Lipinski definition) is 4. The summed E-state index contributed by atoms with van der Waals surface area (Å²) in [7, 11) is 2.96. The number of aryl methyl sites for hydroxylation is 1. The van der Waals surface area contributed by atoms with Crippen molar-refractivity contribution in [3.63, 3.8) is 0 Å². The Labute approximate surface area is 97.0 Å². The number of rotatable bonds is 2. The molecule has 2 aromatic heterocycles. The normalized spacial score (nSPS) is 11.9. The molecule has 0 atom stereocenters. The van der Waals surface area contributed by atoms with Gasteiger partial charge in [-0.3, -0.25) is 4.40 Å². The molecule has 0 aromatic carbocycles. The first-order chi connectivity index (χ1) is 7.45. The Bertz CT molecular complexity index is 648. The SMILES string of the molecule is COc1cccc2c(S(=O)(=O)Cl)nc(C)n12.